The van der Waals surface area contributed by atoms with Crippen LogP contribution in [-0.4, -0.2) is 19.9 Å². The number of nitrogens with zero attached hydrogens (tertiary/aromatic N) is 2. The molecule has 4 rings (SSSR count). The number of hydrogen-bond donors (Lipinski definition) is 0. The van der Waals surface area contributed by atoms with E-state index < -0.39 is 14.9 Å². The second-order valence-electron chi connectivity index (χ2n) is 5.87. The molecule has 1 aliphatic rings. The SMILES string of the molecule is O=[N+]([O-])c1ccc2c(c1)N(S(=O)(=O)c1cccc3ccccc13)CC2. The first-order valence-corrected chi connectivity index (χ1v) is 9.20. The Balaban J connectivity index is 1.88. The lowest BCUT2D eigenvalue weighted by Gasteiger charge is -2.20. The zero-order chi connectivity index (χ0) is 17.6. The van der Waals surface area contributed by atoms with Crippen molar-refractivity contribution in [2.75, 3.05) is 10.8 Å². The molecule has 0 radical (unpaired) electrons. The molecule has 0 bridgehead atoms. The first-order valence-electron chi connectivity index (χ1n) is 7.76. The fourth-order valence-corrected chi connectivity index (χ4v) is 4.95. The molecule has 6 nitrogen and oxygen atoms in total. The average molecular weight is 354 g/mol. The van der Waals surface area contributed by atoms with Crippen molar-refractivity contribution in [3.8, 4) is 0 Å². The molecule has 0 fully saturated rings. The third kappa shape index (κ3) is 2.44. The van der Waals surface area contributed by atoms with Gasteiger partial charge in [0.1, 0.15) is 0 Å². The van der Waals surface area contributed by atoms with Gasteiger partial charge in [-0.3, -0.25) is 14.4 Å². The maximum atomic E-state index is 13.2. The summed E-state index contributed by atoms with van der Waals surface area (Å²) in [5.41, 5.74) is 1.08. The number of hydrogen-bond acceptors (Lipinski definition) is 4. The van der Waals surface area contributed by atoms with Gasteiger partial charge < -0.3 is 0 Å². The molecule has 3 aromatic rings. The van der Waals surface area contributed by atoms with Crippen LogP contribution in [0.15, 0.2) is 65.6 Å². The molecule has 0 atom stereocenters. The number of anilines is 1. The third-order valence-corrected chi connectivity index (χ3v) is 6.32. The predicted molar refractivity (Wildman–Crippen MR) is 95.3 cm³/mol. The summed E-state index contributed by atoms with van der Waals surface area (Å²) in [6.07, 6.45) is 0.539. The van der Waals surface area contributed by atoms with Crippen LogP contribution >= 0.6 is 0 Å². The highest BCUT2D eigenvalue weighted by molar-refractivity contribution is 7.93. The van der Waals surface area contributed by atoms with E-state index in [-0.39, 0.29) is 17.1 Å². The second kappa shape index (κ2) is 5.56. The van der Waals surface area contributed by atoms with E-state index in [0.717, 1.165) is 10.9 Å². The normalized spacial score (nSPS) is 13.8. The Bertz CT molecular complexity index is 1100. The lowest BCUT2D eigenvalue weighted by Crippen LogP contribution is -2.29. The largest absolute Gasteiger partial charge is 0.271 e. The monoisotopic (exact) mass is 354 g/mol. The van der Waals surface area contributed by atoms with Crippen LogP contribution in [-0.2, 0) is 16.4 Å². The number of fused-ring (bicyclic) bond motifs is 2. The number of nitro benzene ring substituents is 1. The van der Waals surface area contributed by atoms with Crippen molar-refractivity contribution in [2.24, 2.45) is 0 Å². The Labute approximate surface area is 144 Å². The maximum absolute atomic E-state index is 13.2. The average Bonchev–Trinajstić information content (AvgIpc) is 3.05. The molecule has 25 heavy (non-hydrogen) atoms. The Hall–Kier alpha value is -2.93. The van der Waals surface area contributed by atoms with Crippen LogP contribution in [0.3, 0.4) is 0 Å². The van der Waals surface area contributed by atoms with Crippen molar-refractivity contribution in [3.63, 3.8) is 0 Å². The van der Waals surface area contributed by atoms with E-state index in [2.05, 4.69) is 0 Å². The maximum Gasteiger partial charge on any atom is 0.271 e. The van der Waals surface area contributed by atoms with E-state index in [4.69, 9.17) is 0 Å². The van der Waals surface area contributed by atoms with Crippen LogP contribution in [0.4, 0.5) is 11.4 Å². The quantitative estimate of drug-likeness (QED) is 0.532. The summed E-state index contributed by atoms with van der Waals surface area (Å²) in [5, 5.41) is 12.5. The highest BCUT2D eigenvalue weighted by atomic mass is 32.2. The Morgan fingerprint density at radius 3 is 2.56 bits per heavy atom. The van der Waals surface area contributed by atoms with Gasteiger partial charge in [-0.05, 0) is 23.4 Å². The van der Waals surface area contributed by atoms with Crippen LogP contribution in [0.25, 0.3) is 10.8 Å². The van der Waals surface area contributed by atoms with Gasteiger partial charge in [0.05, 0.1) is 15.5 Å². The Kier molecular flexibility index (Phi) is 3.47. The fourth-order valence-electron chi connectivity index (χ4n) is 3.24. The van der Waals surface area contributed by atoms with Gasteiger partial charge in [-0.15, -0.1) is 0 Å². The molecule has 1 aliphatic heterocycles. The number of sulfonamides is 1. The summed E-state index contributed by atoms with van der Waals surface area (Å²) in [7, 11) is -3.81. The molecule has 0 aromatic heterocycles. The first-order chi connectivity index (χ1) is 12.0. The summed E-state index contributed by atoms with van der Waals surface area (Å²) >= 11 is 0. The summed E-state index contributed by atoms with van der Waals surface area (Å²) < 4.78 is 27.8. The molecule has 7 heteroatoms. The third-order valence-electron chi connectivity index (χ3n) is 4.45. The smallest absolute Gasteiger partial charge is 0.265 e. The molecular weight excluding hydrogens is 340 g/mol. The zero-order valence-corrected chi connectivity index (χ0v) is 13.9. The van der Waals surface area contributed by atoms with Gasteiger partial charge in [-0.25, -0.2) is 8.42 Å². The van der Waals surface area contributed by atoms with Gasteiger partial charge in [0.2, 0.25) is 0 Å². The number of nitro groups is 1. The van der Waals surface area contributed by atoms with Crippen molar-refractivity contribution in [1.29, 1.82) is 0 Å². The van der Waals surface area contributed by atoms with Crippen molar-refractivity contribution in [3.05, 3.63) is 76.3 Å². The summed E-state index contributed by atoms with van der Waals surface area (Å²) in [5.74, 6) is 0. The number of non-ortho nitro benzene ring substituents is 1. The zero-order valence-electron chi connectivity index (χ0n) is 13.1. The first kappa shape index (κ1) is 15.6. The fraction of sp³-hybridized carbons (Fsp3) is 0.111. The van der Waals surface area contributed by atoms with Crippen LogP contribution in [0.5, 0.6) is 0 Å². The summed E-state index contributed by atoms with van der Waals surface area (Å²) in [4.78, 5) is 10.7. The van der Waals surface area contributed by atoms with Crippen LogP contribution in [0.2, 0.25) is 0 Å². The highest BCUT2D eigenvalue weighted by Crippen LogP contribution is 2.37. The number of rotatable bonds is 3. The molecule has 0 unspecified atom stereocenters. The van der Waals surface area contributed by atoms with Gasteiger partial charge >= 0.3 is 0 Å². The number of benzene rings is 3. The van der Waals surface area contributed by atoms with E-state index in [9.17, 15) is 18.5 Å². The lowest BCUT2D eigenvalue weighted by molar-refractivity contribution is -0.384. The molecule has 126 valence electrons. The minimum absolute atomic E-state index is 0.112. The molecule has 1 heterocycles. The van der Waals surface area contributed by atoms with E-state index in [1.165, 1.54) is 16.4 Å². The predicted octanol–water partition coefficient (Wildman–Crippen LogP) is 3.50. The minimum Gasteiger partial charge on any atom is -0.265 e. The van der Waals surface area contributed by atoms with Gasteiger partial charge in [0, 0.05) is 24.1 Å². The van der Waals surface area contributed by atoms with Crippen LogP contribution in [0.1, 0.15) is 5.56 Å². The molecule has 0 N–H and O–H groups in total. The summed E-state index contributed by atoms with van der Waals surface area (Å²) in [6, 6.07) is 16.8. The molecule has 0 saturated heterocycles. The summed E-state index contributed by atoms with van der Waals surface area (Å²) in [6.45, 7) is 0.280. The van der Waals surface area contributed by atoms with Gasteiger partial charge in [-0.2, -0.15) is 0 Å². The van der Waals surface area contributed by atoms with E-state index >= 15 is 0 Å². The molecule has 0 amide bonds. The van der Waals surface area contributed by atoms with Crippen LogP contribution in [0, 0.1) is 10.1 Å². The van der Waals surface area contributed by atoms with Crippen LogP contribution < -0.4 is 4.31 Å². The van der Waals surface area contributed by atoms with Crippen molar-refractivity contribution in [1.82, 2.24) is 0 Å². The van der Waals surface area contributed by atoms with E-state index in [1.807, 2.05) is 18.2 Å². The lowest BCUT2D eigenvalue weighted by atomic mass is 10.1. The second-order valence-corrected chi connectivity index (χ2v) is 7.71. The van der Waals surface area contributed by atoms with Crippen molar-refractivity contribution >= 4 is 32.2 Å². The van der Waals surface area contributed by atoms with Crippen molar-refractivity contribution in [2.45, 2.75) is 11.3 Å². The standard InChI is InChI=1S/C18H14N2O4S/c21-20(22)15-9-8-14-10-11-19(17(14)12-15)25(23,24)18-7-3-5-13-4-1-2-6-16(13)18/h1-9,12H,10-11H2. The highest BCUT2D eigenvalue weighted by Gasteiger charge is 2.33. The van der Waals surface area contributed by atoms with E-state index in [1.54, 1.807) is 30.3 Å². The topological polar surface area (TPSA) is 80.5 Å². The van der Waals surface area contributed by atoms with Crippen molar-refractivity contribution < 1.29 is 13.3 Å². The molecule has 0 aliphatic carbocycles. The molecule has 0 saturated carbocycles. The Morgan fingerprint density at radius 2 is 1.76 bits per heavy atom. The van der Waals surface area contributed by atoms with Gasteiger partial charge in [0.25, 0.3) is 15.7 Å². The minimum atomic E-state index is -3.81. The molecular formula is C18H14N2O4S. The van der Waals surface area contributed by atoms with Gasteiger partial charge in [-0.1, -0.05) is 42.5 Å². The van der Waals surface area contributed by atoms with E-state index in [0.29, 0.717) is 17.5 Å². The molecule has 3 aromatic carbocycles. The Morgan fingerprint density at radius 1 is 1.00 bits per heavy atom. The van der Waals surface area contributed by atoms with Gasteiger partial charge in [0.15, 0.2) is 0 Å². The molecule has 0 spiro atoms.